The molecule has 5 heteroatoms. The highest BCUT2D eigenvalue weighted by Gasteiger charge is 2.21. The monoisotopic (exact) mass is 318 g/mol. The van der Waals surface area contributed by atoms with E-state index in [2.05, 4.69) is 50.2 Å². The first-order valence-corrected chi connectivity index (χ1v) is 8.52. The van der Waals surface area contributed by atoms with Crippen molar-refractivity contribution in [3.05, 3.63) is 60.0 Å². The van der Waals surface area contributed by atoms with Crippen LogP contribution in [0.5, 0.6) is 0 Å². The fourth-order valence-electron chi connectivity index (χ4n) is 3.30. The van der Waals surface area contributed by atoms with Crippen molar-refractivity contribution in [2.24, 2.45) is 0 Å². The molecule has 23 heavy (non-hydrogen) atoms. The lowest BCUT2D eigenvalue weighted by atomic mass is 10.00. The van der Waals surface area contributed by atoms with Crippen molar-refractivity contribution < 1.29 is 0 Å². The van der Waals surface area contributed by atoms with E-state index in [9.17, 15) is 0 Å². The molecule has 4 aromatic rings. The number of nitrogens with zero attached hydrogens (tertiary/aromatic N) is 4. The molecule has 0 fully saturated rings. The summed E-state index contributed by atoms with van der Waals surface area (Å²) < 4.78 is 1.14. The number of thiophene rings is 1. The molecule has 0 saturated carbocycles. The van der Waals surface area contributed by atoms with Gasteiger partial charge in [-0.05, 0) is 29.7 Å². The number of hydrogen-bond donors (Lipinski definition) is 0. The number of aromatic nitrogens is 3. The molecule has 3 aromatic heterocycles. The van der Waals surface area contributed by atoms with Crippen LogP contribution >= 0.6 is 11.3 Å². The quantitative estimate of drug-likeness (QED) is 0.535. The minimum atomic E-state index is 0.907. The van der Waals surface area contributed by atoms with Gasteiger partial charge in [-0.15, -0.1) is 11.3 Å². The summed E-state index contributed by atoms with van der Waals surface area (Å²) in [7, 11) is 0. The Morgan fingerprint density at radius 2 is 1.87 bits per heavy atom. The van der Waals surface area contributed by atoms with E-state index in [1.165, 1.54) is 11.1 Å². The Kier molecular flexibility index (Phi) is 2.81. The Morgan fingerprint density at radius 1 is 0.957 bits per heavy atom. The molecule has 0 radical (unpaired) electrons. The SMILES string of the molecule is c1ccc2c(c1)CCN(c1ncnc3c1sc1ncccc13)C2. The van der Waals surface area contributed by atoms with E-state index in [-0.39, 0.29) is 0 Å². The summed E-state index contributed by atoms with van der Waals surface area (Å²) in [4.78, 5) is 17.0. The molecular formula is C18H14N4S. The van der Waals surface area contributed by atoms with Crippen LogP contribution in [0.25, 0.3) is 20.4 Å². The van der Waals surface area contributed by atoms with E-state index >= 15 is 0 Å². The zero-order valence-corrected chi connectivity index (χ0v) is 13.3. The fraction of sp³-hybridized carbons (Fsp3) is 0.167. The molecule has 4 heterocycles. The number of benzene rings is 1. The zero-order chi connectivity index (χ0) is 15.2. The Labute approximate surface area is 137 Å². The molecule has 0 N–H and O–H groups in total. The first kappa shape index (κ1) is 13.0. The van der Waals surface area contributed by atoms with Crippen molar-refractivity contribution in [3.63, 3.8) is 0 Å². The second-order valence-electron chi connectivity index (χ2n) is 5.77. The van der Waals surface area contributed by atoms with Gasteiger partial charge in [0, 0.05) is 24.7 Å². The number of fused-ring (bicyclic) bond motifs is 4. The predicted molar refractivity (Wildman–Crippen MR) is 93.9 cm³/mol. The summed E-state index contributed by atoms with van der Waals surface area (Å²) in [5, 5.41) is 1.12. The lowest BCUT2D eigenvalue weighted by Gasteiger charge is -2.29. The van der Waals surface area contributed by atoms with Crippen molar-refractivity contribution in [2.75, 3.05) is 11.4 Å². The maximum Gasteiger partial charge on any atom is 0.150 e. The van der Waals surface area contributed by atoms with Gasteiger partial charge in [-0.1, -0.05) is 24.3 Å². The zero-order valence-electron chi connectivity index (χ0n) is 12.4. The smallest absolute Gasteiger partial charge is 0.150 e. The van der Waals surface area contributed by atoms with Crippen LogP contribution in [-0.4, -0.2) is 21.5 Å². The van der Waals surface area contributed by atoms with Gasteiger partial charge in [-0.2, -0.15) is 0 Å². The molecule has 5 rings (SSSR count). The Bertz CT molecular complexity index is 1020. The lowest BCUT2D eigenvalue weighted by molar-refractivity contribution is 0.723. The summed E-state index contributed by atoms with van der Waals surface area (Å²) in [6.45, 7) is 1.90. The van der Waals surface area contributed by atoms with Gasteiger partial charge in [0.25, 0.3) is 0 Å². The average Bonchev–Trinajstić information content (AvgIpc) is 3.00. The second kappa shape index (κ2) is 4.99. The molecule has 0 unspecified atom stereocenters. The van der Waals surface area contributed by atoms with Gasteiger partial charge in [-0.3, -0.25) is 0 Å². The van der Waals surface area contributed by atoms with Crippen molar-refractivity contribution in [3.8, 4) is 0 Å². The summed E-state index contributed by atoms with van der Waals surface area (Å²) in [6, 6.07) is 12.7. The number of hydrogen-bond acceptors (Lipinski definition) is 5. The predicted octanol–water partition coefficient (Wildman–Crippen LogP) is 3.80. The molecule has 1 aliphatic heterocycles. The van der Waals surface area contributed by atoms with Crippen molar-refractivity contribution in [2.45, 2.75) is 13.0 Å². The van der Waals surface area contributed by atoms with Gasteiger partial charge in [0.15, 0.2) is 0 Å². The highest BCUT2D eigenvalue weighted by atomic mass is 32.1. The third-order valence-electron chi connectivity index (χ3n) is 4.44. The fourth-order valence-corrected chi connectivity index (χ4v) is 4.42. The maximum absolute atomic E-state index is 4.60. The Hall–Kier alpha value is -2.53. The molecule has 112 valence electrons. The van der Waals surface area contributed by atoms with Crippen molar-refractivity contribution in [1.29, 1.82) is 0 Å². The molecule has 0 saturated heterocycles. The molecule has 0 spiro atoms. The van der Waals surface area contributed by atoms with Crippen LogP contribution in [0.2, 0.25) is 0 Å². The summed E-state index contributed by atoms with van der Waals surface area (Å²) in [5.41, 5.74) is 3.86. The van der Waals surface area contributed by atoms with E-state index in [0.29, 0.717) is 0 Å². The third-order valence-corrected chi connectivity index (χ3v) is 5.54. The van der Waals surface area contributed by atoms with Gasteiger partial charge in [0.2, 0.25) is 0 Å². The average molecular weight is 318 g/mol. The minimum Gasteiger partial charge on any atom is -0.351 e. The van der Waals surface area contributed by atoms with E-state index in [4.69, 9.17) is 0 Å². The van der Waals surface area contributed by atoms with Crippen molar-refractivity contribution in [1.82, 2.24) is 15.0 Å². The van der Waals surface area contributed by atoms with Crippen molar-refractivity contribution >= 4 is 37.6 Å². The van der Waals surface area contributed by atoms with Gasteiger partial charge in [0.1, 0.15) is 17.0 Å². The number of anilines is 1. The highest BCUT2D eigenvalue weighted by Crippen LogP contribution is 2.37. The summed E-state index contributed by atoms with van der Waals surface area (Å²) in [5.74, 6) is 1.03. The van der Waals surface area contributed by atoms with E-state index < -0.39 is 0 Å². The van der Waals surface area contributed by atoms with Crippen LogP contribution in [0.15, 0.2) is 48.9 Å². The molecule has 4 nitrogen and oxygen atoms in total. The summed E-state index contributed by atoms with van der Waals surface area (Å²) >= 11 is 1.69. The molecule has 1 aromatic carbocycles. The third kappa shape index (κ3) is 2.00. The van der Waals surface area contributed by atoms with E-state index in [1.54, 1.807) is 17.7 Å². The summed E-state index contributed by atoms with van der Waals surface area (Å²) in [6.07, 6.45) is 4.57. The lowest BCUT2D eigenvalue weighted by Crippen LogP contribution is -2.31. The first-order valence-electron chi connectivity index (χ1n) is 7.70. The van der Waals surface area contributed by atoms with E-state index in [0.717, 1.165) is 45.8 Å². The molecule has 0 bridgehead atoms. The molecular weight excluding hydrogens is 304 g/mol. The maximum atomic E-state index is 4.60. The minimum absolute atomic E-state index is 0.907. The van der Waals surface area contributed by atoms with Gasteiger partial charge in [-0.25, -0.2) is 15.0 Å². The standard InChI is InChI=1S/C18H14N4S/c1-2-5-13-10-22(9-7-12(13)4-1)17-16-15(20-11-21-17)14-6-3-8-19-18(14)23-16/h1-6,8,11H,7,9-10H2. The second-order valence-corrected chi connectivity index (χ2v) is 6.77. The van der Waals surface area contributed by atoms with Gasteiger partial charge < -0.3 is 4.90 Å². The van der Waals surface area contributed by atoms with Crippen LogP contribution in [0, 0.1) is 0 Å². The van der Waals surface area contributed by atoms with Crippen LogP contribution in [0.3, 0.4) is 0 Å². The number of pyridine rings is 1. The highest BCUT2D eigenvalue weighted by molar-refractivity contribution is 7.25. The largest absolute Gasteiger partial charge is 0.351 e. The van der Waals surface area contributed by atoms with Crippen LogP contribution < -0.4 is 4.90 Å². The van der Waals surface area contributed by atoms with Gasteiger partial charge >= 0.3 is 0 Å². The van der Waals surface area contributed by atoms with Crippen LogP contribution in [-0.2, 0) is 13.0 Å². The Morgan fingerprint density at radius 3 is 2.83 bits per heavy atom. The molecule has 1 aliphatic rings. The molecule has 0 aliphatic carbocycles. The van der Waals surface area contributed by atoms with Crippen LogP contribution in [0.1, 0.15) is 11.1 Å². The molecule has 0 amide bonds. The topological polar surface area (TPSA) is 41.9 Å². The Balaban J connectivity index is 1.66. The normalized spacial score (nSPS) is 14.3. The van der Waals surface area contributed by atoms with E-state index in [1.807, 2.05) is 12.3 Å². The number of rotatable bonds is 1. The van der Waals surface area contributed by atoms with Crippen LogP contribution in [0.4, 0.5) is 5.82 Å². The molecule has 0 atom stereocenters. The van der Waals surface area contributed by atoms with Gasteiger partial charge in [0.05, 0.1) is 10.2 Å². The first-order chi connectivity index (χ1) is 11.4.